The highest BCUT2D eigenvalue weighted by Crippen LogP contribution is 2.19. The summed E-state index contributed by atoms with van der Waals surface area (Å²) in [5.41, 5.74) is 0.759. The molecule has 0 aliphatic rings. The Morgan fingerprint density at radius 2 is 1.82 bits per heavy atom. The quantitative estimate of drug-likeness (QED) is 0.680. The van der Waals surface area contributed by atoms with Gasteiger partial charge in [-0.3, -0.25) is 9.36 Å². The monoisotopic (exact) mass is 389 g/mol. The van der Waals surface area contributed by atoms with Crippen LogP contribution in [0.15, 0.2) is 53.3 Å². The van der Waals surface area contributed by atoms with Crippen molar-refractivity contribution in [3.05, 3.63) is 73.6 Å². The van der Waals surface area contributed by atoms with Crippen molar-refractivity contribution in [2.75, 3.05) is 14.2 Å². The SMILES string of the molecule is COc1cccc(/C=c2\sc(=C(C#N)C#N)n(-c3ccccc3OC)c2=O)c1. The summed E-state index contributed by atoms with van der Waals surface area (Å²) in [7, 11) is 3.07. The molecule has 0 saturated carbocycles. The van der Waals surface area contributed by atoms with E-state index in [-0.39, 0.29) is 15.8 Å². The summed E-state index contributed by atoms with van der Waals surface area (Å²) < 4.78 is 12.6. The van der Waals surface area contributed by atoms with Crippen molar-refractivity contribution in [3.8, 4) is 29.3 Å². The van der Waals surface area contributed by atoms with Crippen LogP contribution in [0.1, 0.15) is 5.56 Å². The number of hydrogen-bond donors (Lipinski definition) is 0. The van der Waals surface area contributed by atoms with Gasteiger partial charge in [0.1, 0.15) is 28.3 Å². The van der Waals surface area contributed by atoms with Crippen molar-refractivity contribution in [2.24, 2.45) is 0 Å². The summed E-state index contributed by atoms with van der Waals surface area (Å²) in [4.78, 5) is 13.2. The highest BCUT2D eigenvalue weighted by molar-refractivity contribution is 7.07. The number of benzene rings is 2. The molecule has 1 aromatic heterocycles. The molecule has 0 radical (unpaired) electrons. The minimum absolute atomic E-state index is 0.140. The molecule has 1 heterocycles. The van der Waals surface area contributed by atoms with E-state index in [1.807, 2.05) is 30.3 Å². The van der Waals surface area contributed by atoms with E-state index >= 15 is 0 Å². The normalized spacial score (nSPS) is 10.8. The Kier molecular flexibility index (Phi) is 5.59. The number of nitrogens with zero attached hydrogens (tertiary/aromatic N) is 3. The van der Waals surface area contributed by atoms with Crippen LogP contribution in [-0.4, -0.2) is 18.8 Å². The maximum Gasteiger partial charge on any atom is 0.273 e. The lowest BCUT2D eigenvalue weighted by atomic mass is 10.2. The van der Waals surface area contributed by atoms with Crippen molar-refractivity contribution in [3.63, 3.8) is 0 Å². The Bertz CT molecular complexity index is 1270. The van der Waals surface area contributed by atoms with Crippen molar-refractivity contribution in [2.45, 2.75) is 0 Å². The van der Waals surface area contributed by atoms with Crippen LogP contribution in [0.5, 0.6) is 11.5 Å². The van der Waals surface area contributed by atoms with E-state index in [0.29, 0.717) is 21.7 Å². The third-order valence-electron chi connectivity index (χ3n) is 3.98. The number of methoxy groups -OCH3 is 2. The van der Waals surface area contributed by atoms with Crippen LogP contribution in [0.2, 0.25) is 0 Å². The molecule has 0 atom stereocenters. The zero-order valence-electron chi connectivity index (χ0n) is 15.2. The lowest BCUT2D eigenvalue weighted by Crippen LogP contribution is -2.31. The first-order valence-electron chi connectivity index (χ1n) is 8.18. The van der Waals surface area contributed by atoms with E-state index in [2.05, 4.69) is 0 Å². The van der Waals surface area contributed by atoms with E-state index in [1.165, 1.54) is 11.7 Å². The number of rotatable bonds is 4. The van der Waals surface area contributed by atoms with Gasteiger partial charge < -0.3 is 9.47 Å². The number of hydrogen-bond acceptors (Lipinski definition) is 6. The molecule has 6 nitrogen and oxygen atoms in total. The standard InChI is InChI=1S/C21H15N3O3S/c1-26-16-7-5-6-14(10-16)11-19-20(25)24(21(28-19)15(12-22)13-23)17-8-3-4-9-18(17)27-2/h3-11H,1-2H3/b19-11-. The summed E-state index contributed by atoms with van der Waals surface area (Å²) in [6.07, 6.45) is 1.71. The molecule has 2 aromatic carbocycles. The topological polar surface area (TPSA) is 88.0 Å². The van der Waals surface area contributed by atoms with Crippen LogP contribution < -0.4 is 24.2 Å². The van der Waals surface area contributed by atoms with Gasteiger partial charge in [-0.15, -0.1) is 11.3 Å². The molecule has 0 saturated heterocycles. The molecule has 0 aliphatic heterocycles. The summed E-state index contributed by atoms with van der Waals surface area (Å²) in [6, 6.07) is 18.0. The van der Waals surface area contributed by atoms with Crippen LogP contribution in [-0.2, 0) is 0 Å². The van der Waals surface area contributed by atoms with E-state index in [0.717, 1.165) is 16.9 Å². The Morgan fingerprint density at radius 3 is 2.50 bits per heavy atom. The molecule has 0 aliphatic carbocycles. The van der Waals surface area contributed by atoms with E-state index in [1.54, 1.807) is 43.5 Å². The lowest BCUT2D eigenvalue weighted by molar-refractivity contribution is 0.412. The molecule has 0 bridgehead atoms. The maximum atomic E-state index is 13.2. The van der Waals surface area contributed by atoms with Gasteiger partial charge in [-0.05, 0) is 35.9 Å². The fourth-order valence-electron chi connectivity index (χ4n) is 2.69. The van der Waals surface area contributed by atoms with Gasteiger partial charge in [0.2, 0.25) is 0 Å². The van der Waals surface area contributed by atoms with E-state index < -0.39 is 0 Å². The molecule has 3 aromatic rings. The first-order valence-corrected chi connectivity index (χ1v) is 9.00. The fourth-order valence-corrected chi connectivity index (χ4v) is 3.73. The third-order valence-corrected chi connectivity index (χ3v) is 5.07. The summed E-state index contributed by atoms with van der Waals surface area (Å²) in [5, 5.41) is 18.7. The molecule has 0 fully saturated rings. The lowest BCUT2D eigenvalue weighted by Gasteiger charge is -2.08. The average molecular weight is 389 g/mol. The molecule has 0 amide bonds. The maximum absolute atomic E-state index is 13.2. The molecular weight excluding hydrogens is 374 g/mol. The number of para-hydroxylation sites is 2. The predicted octanol–water partition coefficient (Wildman–Crippen LogP) is 1.94. The summed E-state index contributed by atoms with van der Waals surface area (Å²) in [6.45, 7) is 0. The molecule has 3 rings (SSSR count). The molecule has 7 heteroatoms. The number of aromatic nitrogens is 1. The Morgan fingerprint density at radius 1 is 1.07 bits per heavy atom. The average Bonchev–Trinajstić information content (AvgIpc) is 3.04. The van der Waals surface area contributed by atoms with Crippen molar-refractivity contribution >= 4 is 23.0 Å². The third kappa shape index (κ3) is 3.52. The van der Waals surface area contributed by atoms with E-state index in [4.69, 9.17) is 9.47 Å². The molecule has 28 heavy (non-hydrogen) atoms. The first-order chi connectivity index (χ1) is 13.6. The highest BCUT2D eigenvalue weighted by Gasteiger charge is 2.14. The molecular formula is C21H15N3O3S. The van der Waals surface area contributed by atoms with Crippen LogP contribution in [0.3, 0.4) is 0 Å². The minimum Gasteiger partial charge on any atom is -0.497 e. The van der Waals surface area contributed by atoms with Gasteiger partial charge >= 0.3 is 0 Å². The summed E-state index contributed by atoms with van der Waals surface area (Å²) in [5.74, 6) is 1.13. The fraction of sp³-hybridized carbons (Fsp3) is 0.0952. The zero-order valence-corrected chi connectivity index (χ0v) is 16.0. The second-order valence-corrected chi connectivity index (χ2v) is 6.63. The van der Waals surface area contributed by atoms with Crippen molar-refractivity contribution in [1.82, 2.24) is 4.57 Å². The highest BCUT2D eigenvalue weighted by atomic mass is 32.1. The van der Waals surface area contributed by atoms with Gasteiger partial charge in [-0.1, -0.05) is 24.3 Å². The Balaban J connectivity index is 2.40. The zero-order chi connectivity index (χ0) is 20.1. The number of thiazole rings is 1. The number of ether oxygens (including phenoxy) is 2. The second kappa shape index (κ2) is 8.26. The molecule has 0 spiro atoms. The van der Waals surface area contributed by atoms with Crippen LogP contribution >= 0.6 is 11.3 Å². The van der Waals surface area contributed by atoms with Gasteiger partial charge in [0.05, 0.1) is 24.4 Å². The Labute approximate surface area is 165 Å². The number of nitriles is 2. The Hall–Kier alpha value is -3.81. The van der Waals surface area contributed by atoms with Crippen LogP contribution in [0, 0.1) is 22.7 Å². The van der Waals surface area contributed by atoms with Crippen LogP contribution in [0.25, 0.3) is 17.3 Å². The van der Waals surface area contributed by atoms with Gasteiger partial charge in [0.25, 0.3) is 5.56 Å². The minimum atomic E-state index is -0.338. The largest absolute Gasteiger partial charge is 0.497 e. The van der Waals surface area contributed by atoms with Gasteiger partial charge in [-0.2, -0.15) is 10.5 Å². The molecule has 138 valence electrons. The smallest absolute Gasteiger partial charge is 0.273 e. The second-order valence-electron chi connectivity index (χ2n) is 5.60. The van der Waals surface area contributed by atoms with Crippen LogP contribution in [0.4, 0.5) is 0 Å². The summed E-state index contributed by atoms with van der Waals surface area (Å²) >= 11 is 1.08. The van der Waals surface area contributed by atoms with E-state index in [9.17, 15) is 15.3 Å². The molecule has 0 unspecified atom stereocenters. The van der Waals surface area contributed by atoms with Crippen molar-refractivity contribution < 1.29 is 9.47 Å². The van der Waals surface area contributed by atoms with Crippen molar-refractivity contribution in [1.29, 1.82) is 10.5 Å². The van der Waals surface area contributed by atoms with Gasteiger partial charge in [0, 0.05) is 0 Å². The van der Waals surface area contributed by atoms with Gasteiger partial charge in [-0.25, -0.2) is 0 Å². The van der Waals surface area contributed by atoms with Gasteiger partial charge in [0.15, 0.2) is 5.57 Å². The first kappa shape index (κ1) is 19.0. The molecule has 0 N–H and O–H groups in total. The predicted molar refractivity (Wildman–Crippen MR) is 107 cm³/mol.